The summed E-state index contributed by atoms with van der Waals surface area (Å²) >= 11 is 0. The first-order valence-electron chi connectivity index (χ1n) is 4.09. The zero-order chi connectivity index (χ0) is 10.4. The minimum absolute atomic E-state index is 0.0403. The van der Waals surface area contributed by atoms with Crippen LogP contribution >= 0.6 is 0 Å². The van der Waals surface area contributed by atoms with Crippen LogP contribution in [0.25, 0.3) is 0 Å². The zero-order valence-electron chi connectivity index (χ0n) is 8.20. The Morgan fingerprint density at radius 2 is 2.08 bits per heavy atom. The van der Waals surface area contributed by atoms with Crippen molar-refractivity contribution in [2.45, 2.75) is 6.92 Å². The fourth-order valence-corrected chi connectivity index (χ4v) is 1.09. The molecule has 0 fully saturated rings. The molecule has 0 saturated heterocycles. The van der Waals surface area contributed by atoms with Crippen molar-refractivity contribution >= 4 is 11.9 Å². The van der Waals surface area contributed by atoms with Crippen molar-refractivity contribution in [1.82, 2.24) is 10.2 Å². The number of carboxylic acid groups (broad SMARTS) is 1. The van der Waals surface area contributed by atoms with Gasteiger partial charge in [-0.3, -0.25) is 14.5 Å². The highest BCUT2D eigenvalue weighted by Gasteiger charge is 2.14. The van der Waals surface area contributed by atoms with Crippen molar-refractivity contribution < 1.29 is 14.7 Å². The summed E-state index contributed by atoms with van der Waals surface area (Å²) in [5.41, 5.74) is 0. The van der Waals surface area contributed by atoms with Gasteiger partial charge in [-0.15, -0.1) is 0 Å². The molecule has 0 aromatic carbocycles. The quantitative estimate of drug-likeness (QED) is 0.603. The lowest BCUT2D eigenvalue weighted by Gasteiger charge is -2.17. The number of hydrogen-bond donors (Lipinski definition) is 2. The molecule has 0 spiro atoms. The second-order valence-electron chi connectivity index (χ2n) is 3.11. The highest BCUT2D eigenvalue weighted by molar-refractivity contribution is 5.78. The number of carbonyl (C=O) groups is 2. The maximum absolute atomic E-state index is 11.0. The van der Waals surface area contributed by atoms with Crippen LogP contribution in [0.2, 0.25) is 0 Å². The third kappa shape index (κ3) is 5.19. The summed E-state index contributed by atoms with van der Waals surface area (Å²) in [7, 11) is 3.24. The van der Waals surface area contributed by atoms with Crippen LogP contribution in [0, 0.1) is 5.92 Å². The van der Waals surface area contributed by atoms with E-state index in [-0.39, 0.29) is 18.4 Å². The Labute approximate surface area is 77.7 Å². The number of nitrogens with zero attached hydrogens (tertiary/aromatic N) is 1. The summed E-state index contributed by atoms with van der Waals surface area (Å²) in [5, 5.41) is 11.0. The van der Waals surface area contributed by atoms with E-state index in [9.17, 15) is 9.59 Å². The number of likely N-dealkylation sites (N-methyl/N-ethyl adjacent to an activating group) is 1. The molecule has 1 unspecified atom stereocenters. The van der Waals surface area contributed by atoms with Crippen LogP contribution in [0.5, 0.6) is 0 Å². The van der Waals surface area contributed by atoms with Crippen molar-refractivity contribution in [2.75, 3.05) is 27.2 Å². The normalized spacial score (nSPS) is 12.6. The largest absolute Gasteiger partial charge is 0.480 e. The number of amides is 1. The van der Waals surface area contributed by atoms with Gasteiger partial charge in [-0.2, -0.15) is 0 Å². The lowest BCUT2D eigenvalue weighted by Crippen LogP contribution is -2.36. The molecule has 0 aliphatic rings. The highest BCUT2D eigenvalue weighted by atomic mass is 16.4. The minimum atomic E-state index is -0.883. The van der Waals surface area contributed by atoms with Gasteiger partial charge in [-0.05, 0) is 7.05 Å². The molecular weight excluding hydrogens is 172 g/mol. The lowest BCUT2D eigenvalue weighted by molar-refractivity contribution is -0.138. The van der Waals surface area contributed by atoms with Gasteiger partial charge in [0.25, 0.3) is 0 Å². The predicted molar refractivity (Wildman–Crippen MR) is 48.4 cm³/mol. The first kappa shape index (κ1) is 11.9. The Morgan fingerprint density at radius 3 is 2.46 bits per heavy atom. The van der Waals surface area contributed by atoms with Crippen LogP contribution in [0.15, 0.2) is 0 Å². The molecule has 0 heterocycles. The van der Waals surface area contributed by atoms with Crippen LogP contribution in [0.4, 0.5) is 0 Å². The summed E-state index contributed by atoms with van der Waals surface area (Å²) in [6, 6.07) is 0. The van der Waals surface area contributed by atoms with E-state index in [0.717, 1.165) is 0 Å². The zero-order valence-corrected chi connectivity index (χ0v) is 8.20. The van der Waals surface area contributed by atoms with E-state index >= 15 is 0 Å². The summed E-state index contributed by atoms with van der Waals surface area (Å²) in [6.07, 6.45) is 0. The van der Waals surface area contributed by atoms with Crippen molar-refractivity contribution in [2.24, 2.45) is 5.92 Å². The fraction of sp³-hybridized carbons (Fsp3) is 0.750. The number of carboxylic acids is 1. The summed E-state index contributed by atoms with van der Waals surface area (Å²) in [4.78, 5) is 22.9. The van der Waals surface area contributed by atoms with Gasteiger partial charge in [0, 0.05) is 19.5 Å². The van der Waals surface area contributed by atoms with Crippen LogP contribution in [-0.4, -0.2) is 49.1 Å². The van der Waals surface area contributed by atoms with Crippen LogP contribution < -0.4 is 5.32 Å². The van der Waals surface area contributed by atoms with Gasteiger partial charge in [0.05, 0.1) is 6.54 Å². The fourth-order valence-electron chi connectivity index (χ4n) is 1.09. The van der Waals surface area contributed by atoms with Gasteiger partial charge in [-0.1, -0.05) is 6.92 Å². The molecule has 0 radical (unpaired) electrons. The third-order valence-corrected chi connectivity index (χ3v) is 1.68. The number of rotatable bonds is 5. The van der Waals surface area contributed by atoms with Crippen molar-refractivity contribution in [3.8, 4) is 0 Å². The van der Waals surface area contributed by atoms with Crippen LogP contribution in [-0.2, 0) is 9.59 Å². The maximum Gasteiger partial charge on any atom is 0.317 e. The van der Waals surface area contributed by atoms with E-state index in [2.05, 4.69) is 5.32 Å². The van der Waals surface area contributed by atoms with E-state index in [1.54, 1.807) is 25.9 Å². The Bertz CT molecular complexity index is 194. The predicted octanol–water partition coefficient (Wildman–Crippen LogP) is -0.615. The molecule has 0 aliphatic carbocycles. The molecule has 0 saturated carbocycles. The molecule has 0 rings (SSSR count). The van der Waals surface area contributed by atoms with Crippen molar-refractivity contribution in [3.63, 3.8) is 0 Å². The first-order chi connectivity index (χ1) is 5.97. The van der Waals surface area contributed by atoms with E-state index in [0.29, 0.717) is 6.54 Å². The van der Waals surface area contributed by atoms with E-state index in [1.807, 2.05) is 0 Å². The number of aliphatic carboxylic acids is 1. The molecule has 0 aliphatic heterocycles. The van der Waals surface area contributed by atoms with Gasteiger partial charge in [0.15, 0.2) is 0 Å². The summed E-state index contributed by atoms with van der Waals surface area (Å²) in [5.74, 6) is -1.14. The smallest absolute Gasteiger partial charge is 0.317 e. The molecule has 1 amide bonds. The second kappa shape index (κ2) is 5.53. The highest BCUT2D eigenvalue weighted by Crippen LogP contribution is 1.97. The standard InChI is InChI=1S/C8H16N2O3/c1-6(8(13)9-2)4-10(3)5-7(11)12/h6H,4-5H2,1-3H3,(H,9,13)(H,11,12). The molecule has 76 valence electrons. The van der Waals surface area contributed by atoms with Gasteiger partial charge in [0.2, 0.25) is 5.91 Å². The molecule has 0 aromatic heterocycles. The number of nitrogens with one attached hydrogen (secondary N) is 1. The molecule has 13 heavy (non-hydrogen) atoms. The van der Waals surface area contributed by atoms with Gasteiger partial charge < -0.3 is 10.4 Å². The molecule has 1 atom stereocenters. The molecule has 0 aromatic rings. The topological polar surface area (TPSA) is 69.6 Å². The van der Waals surface area contributed by atoms with Crippen molar-refractivity contribution in [1.29, 1.82) is 0 Å². The Hall–Kier alpha value is -1.10. The van der Waals surface area contributed by atoms with E-state index in [1.165, 1.54) is 0 Å². The molecule has 2 N–H and O–H groups in total. The monoisotopic (exact) mass is 188 g/mol. The summed E-state index contributed by atoms with van der Waals surface area (Å²) < 4.78 is 0. The Kier molecular flexibility index (Phi) is 5.06. The summed E-state index contributed by atoms with van der Waals surface area (Å²) in [6.45, 7) is 2.17. The van der Waals surface area contributed by atoms with Gasteiger partial charge >= 0.3 is 5.97 Å². The number of carbonyl (C=O) groups excluding carboxylic acids is 1. The van der Waals surface area contributed by atoms with Crippen LogP contribution in [0.1, 0.15) is 6.92 Å². The SMILES string of the molecule is CNC(=O)C(C)CN(C)CC(=O)O. The minimum Gasteiger partial charge on any atom is -0.480 e. The average molecular weight is 188 g/mol. The maximum atomic E-state index is 11.0. The Morgan fingerprint density at radius 1 is 1.54 bits per heavy atom. The molecule has 5 nitrogen and oxygen atoms in total. The average Bonchev–Trinajstić information content (AvgIpc) is 2.01. The molecule has 0 bridgehead atoms. The second-order valence-corrected chi connectivity index (χ2v) is 3.11. The van der Waals surface area contributed by atoms with Crippen molar-refractivity contribution in [3.05, 3.63) is 0 Å². The van der Waals surface area contributed by atoms with Crippen LogP contribution in [0.3, 0.4) is 0 Å². The lowest BCUT2D eigenvalue weighted by atomic mass is 10.1. The third-order valence-electron chi connectivity index (χ3n) is 1.68. The molecule has 5 heteroatoms. The molecular formula is C8H16N2O3. The van der Waals surface area contributed by atoms with Gasteiger partial charge in [-0.25, -0.2) is 0 Å². The Balaban J connectivity index is 3.83. The van der Waals surface area contributed by atoms with E-state index in [4.69, 9.17) is 5.11 Å². The first-order valence-corrected chi connectivity index (χ1v) is 4.09. The van der Waals surface area contributed by atoms with E-state index < -0.39 is 5.97 Å². The number of hydrogen-bond acceptors (Lipinski definition) is 3. The van der Waals surface area contributed by atoms with Gasteiger partial charge in [0.1, 0.15) is 0 Å².